The van der Waals surface area contributed by atoms with Crippen LogP contribution in [0.25, 0.3) is 11.3 Å². The molecule has 11 nitrogen and oxygen atoms in total. The number of aromatic nitrogens is 5. The molecule has 1 aromatic carbocycles. The first-order valence-electron chi connectivity index (χ1n) is 12.1. The molecule has 0 spiro atoms. The normalized spacial score (nSPS) is 11.1. The van der Waals surface area contributed by atoms with E-state index < -0.39 is 15.7 Å². The molecule has 0 unspecified atom stereocenters. The van der Waals surface area contributed by atoms with Crippen molar-refractivity contribution in [2.24, 2.45) is 5.73 Å². The number of rotatable bonds is 6. The molecule has 5 aromatic heterocycles. The summed E-state index contributed by atoms with van der Waals surface area (Å²) in [5, 5.41) is 3.28. The van der Waals surface area contributed by atoms with E-state index in [1.165, 1.54) is 35.1 Å². The monoisotopic (exact) mass is 587 g/mol. The molecule has 0 aliphatic rings. The smallest absolute Gasteiger partial charge is 0.267 e. The fraction of sp³-hybridized carbons (Fsp3) is 0.0357. The van der Waals surface area contributed by atoms with Crippen LogP contribution in [0.3, 0.4) is 0 Å². The molecule has 0 aliphatic heterocycles. The van der Waals surface area contributed by atoms with Gasteiger partial charge in [0.1, 0.15) is 17.0 Å². The van der Waals surface area contributed by atoms with E-state index >= 15 is 0 Å². The van der Waals surface area contributed by atoms with Gasteiger partial charge in [-0.3, -0.25) is 19.0 Å². The molecule has 6 aromatic rings. The van der Waals surface area contributed by atoms with Crippen LogP contribution in [0.5, 0.6) is 0 Å². The molecule has 0 atom stereocenters. The van der Waals surface area contributed by atoms with Gasteiger partial charge >= 0.3 is 0 Å². The van der Waals surface area contributed by atoms with Crippen molar-refractivity contribution in [3.63, 3.8) is 0 Å². The topological polar surface area (TPSA) is 154 Å². The molecule has 0 radical (unpaired) electrons. The van der Waals surface area contributed by atoms with Crippen LogP contribution >= 0.6 is 11.6 Å². The Bertz CT molecular complexity index is 1970. The molecule has 5 heterocycles. The van der Waals surface area contributed by atoms with Crippen LogP contribution in [0.15, 0.2) is 114 Å². The highest BCUT2D eigenvalue weighted by molar-refractivity contribution is 7.91. The zero-order chi connectivity index (χ0) is 29.0. The highest BCUT2D eigenvalue weighted by atomic mass is 35.5. The highest BCUT2D eigenvalue weighted by Gasteiger charge is 2.22. The number of halogens is 1. The lowest BCUT2D eigenvalue weighted by Gasteiger charge is -2.08. The number of hydrogen-bond donors (Lipinski definition) is 2. The number of hydrogen-bond acceptors (Lipinski definition) is 7. The van der Waals surface area contributed by atoms with E-state index in [2.05, 4.69) is 20.3 Å². The first-order chi connectivity index (χ1) is 19.7. The van der Waals surface area contributed by atoms with Crippen molar-refractivity contribution in [2.75, 3.05) is 0 Å². The third-order valence-electron chi connectivity index (χ3n) is 5.97. The number of nitrogens with zero attached hydrogens (tertiary/aromatic N) is 5. The number of benzene rings is 1. The van der Waals surface area contributed by atoms with Gasteiger partial charge in [-0.1, -0.05) is 29.8 Å². The molecule has 0 bridgehead atoms. The number of sulfone groups is 1. The Morgan fingerprint density at radius 3 is 2.37 bits per heavy atom. The average Bonchev–Trinajstić information content (AvgIpc) is 3.63. The summed E-state index contributed by atoms with van der Waals surface area (Å²) in [4.78, 5) is 34.9. The van der Waals surface area contributed by atoms with Gasteiger partial charge in [0.25, 0.3) is 11.8 Å². The van der Waals surface area contributed by atoms with Crippen molar-refractivity contribution in [1.29, 1.82) is 0 Å². The van der Waals surface area contributed by atoms with Crippen molar-refractivity contribution in [1.82, 2.24) is 29.1 Å². The molecular formula is C28H22ClN7O4S. The van der Waals surface area contributed by atoms with Crippen LogP contribution < -0.4 is 11.1 Å². The number of imidazole rings is 2. The largest absolute Gasteiger partial charge is 0.364 e. The van der Waals surface area contributed by atoms with Crippen LogP contribution in [0, 0.1) is 0 Å². The minimum atomic E-state index is -3.80. The molecule has 3 N–H and O–H groups in total. The van der Waals surface area contributed by atoms with Gasteiger partial charge in [0, 0.05) is 37.5 Å². The summed E-state index contributed by atoms with van der Waals surface area (Å²) in [6.07, 6.45) is 9.49. The van der Waals surface area contributed by atoms with Crippen LogP contribution in [0.2, 0.25) is 5.02 Å². The lowest BCUT2D eigenvalue weighted by molar-refractivity contribution is 0.0949. The maximum Gasteiger partial charge on any atom is 0.267 e. The number of pyridine rings is 3. The number of nitrogens with one attached hydrogen (secondary N) is 1. The number of carbonyl (C=O) groups excluding carboxylic acids is 2. The first kappa shape index (κ1) is 27.5. The Labute approximate surface area is 239 Å². The van der Waals surface area contributed by atoms with Crippen molar-refractivity contribution < 1.29 is 18.0 Å². The SMILES string of the molecule is NC(=O)c1ccccn1.O=C(NCc1ccc(S(=O)(=O)c2cnc3ccc(Cl)cn23)cc1)c1ccc2nccn2c1. The Kier molecular flexibility index (Phi) is 7.77. The number of carbonyl (C=O) groups is 2. The van der Waals surface area contributed by atoms with Gasteiger partial charge < -0.3 is 15.5 Å². The van der Waals surface area contributed by atoms with Crippen LogP contribution in [0.4, 0.5) is 0 Å². The summed E-state index contributed by atoms with van der Waals surface area (Å²) in [6.45, 7) is 0.256. The van der Waals surface area contributed by atoms with E-state index in [9.17, 15) is 18.0 Å². The standard InChI is InChI=1S/C22H16ClN5O3S.C6H6N2O/c23-17-4-8-20-25-12-21(28(20)14-17)32(30,31)18-5-1-15(2-6-18)11-26-22(29)16-3-7-19-24-9-10-27(19)13-16;7-6(9)5-3-1-2-4-8-5/h1-10,12-14H,11H2,(H,26,29);1-4H,(H2,7,9). The first-order valence-corrected chi connectivity index (χ1v) is 14.0. The van der Waals surface area contributed by atoms with E-state index in [0.29, 0.717) is 21.9 Å². The zero-order valence-corrected chi connectivity index (χ0v) is 22.8. The van der Waals surface area contributed by atoms with Crippen molar-refractivity contribution in [3.8, 4) is 0 Å². The quantitative estimate of drug-likeness (QED) is 0.302. The molecule has 0 saturated heterocycles. The Morgan fingerprint density at radius 1 is 0.878 bits per heavy atom. The van der Waals surface area contributed by atoms with Gasteiger partial charge in [-0.15, -0.1) is 0 Å². The van der Waals surface area contributed by atoms with E-state index in [0.717, 1.165) is 11.2 Å². The van der Waals surface area contributed by atoms with Gasteiger partial charge in [-0.2, -0.15) is 0 Å². The zero-order valence-electron chi connectivity index (χ0n) is 21.3. The van der Waals surface area contributed by atoms with E-state index in [-0.39, 0.29) is 22.4 Å². The van der Waals surface area contributed by atoms with Crippen LogP contribution in [-0.2, 0) is 16.4 Å². The third-order valence-corrected chi connectivity index (χ3v) is 7.94. The summed E-state index contributed by atoms with van der Waals surface area (Å²) in [5.41, 5.74) is 7.73. The van der Waals surface area contributed by atoms with E-state index in [4.69, 9.17) is 17.3 Å². The van der Waals surface area contributed by atoms with Gasteiger partial charge in [0.05, 0.1) is 21.7 Å². The average molecular weight is 588 g/mol. The lowest BCUT2D eigenvalue weighted by atomic mass is 10.2. The molecule has 0 saturated carbocycles. The summed E-state index contributed by atoms with van der Waals surface area (Å²) in [7, 11) is -3.80. The second-order valence-corrected chi connectivity index (χ2v) is 11.0. The van der Waals surface area contributed by atoms with Gasteiger partial charge in [0.15, 0.2) is 5.03 Å². The lowest BCUT2D eigenvalue weighted by Crippen LogP contribution is -2.23. The van der Waals surface area contributed by atoms with Gasteiger partial charge in [-0.05, 0) is 54.1 Å². The number of fused-ring (bicyclic) bond motifs is 2. The number of amides is 2. The van der Waals surface area contributed by atoms with E-state index in [1.807, 2.05) is 0 Å². The molecule has 0 aliphatic carbocycles. The minimum absolute atomic E-state index is 0.0333. The second kappa shape index (κ2) is 11.6. The number of nitrogens with two attached hydrogens (primary N) is 1. The summed E-state index contributed by atoms with van der Waals surface area (Å²) in [5.74, 6) is -0.726. The maximum absolute atomic E-state index is 13.1. The molecule has 6 rings (SSSR count). The predicted octanol–water partition coefficient (Wildman–Crippen LogP) is 3.58. The van der Waals surface area contributed by atoms with E-state index in [1.54, 1.807) is 77.6 Å². The fourth-order valence-corrected chi connectivity index (χ4v) is 5.38. The highest BCUT2D eigenvalue weighted by Crippen LogP contribution is 2.23. The van der Waals surface area contributed by atoms with Crippen molar-refractivity contribution in [3.05, 3.63) is 126 Å². The predicted molar refractivity (Wildman–Crippen MR) is 151 cm³/mol. The molecule has 41 heavy (non-hydrogen) atoms. The van der Waals surface area contributed by atoms with Gasteiger partial charge in [-0.25, -0.2) is 18.4 Å². The second-order valence-electron chi connectivity index (χ2n) is 8.69. The summed E-state index contributed by atoms with van der Waals surface area (Å²) < 4.78 is 29.4. The maximum atomic E-state index is 13.1. The fourth-order valence-electron chi connectivity index (χ4n) is 3.89. The Morgan fingerprint density at radius 2 is 1.66 bits per heavy atom. The van der Waals surface area contributed by atoms with Crippen LogP contribution in [0.1, 0.15) is 26.4 Å². The Hall–Kier alpha value is -5.07. The summed E-state index contributed by atoms with van der Waals surface area (Å²) >= 11 is 6.01. The van der Waals surface area contributed by atoms with Gasteiger partial charge in [0.2, 0.25) is 9.84 Å². The molecule has 13 heteroatoms. The molecule has 0 fully saturated rings. The minimum Gasteiger partial charge on any atom is -0.364 e. The number of primary amides is 1. The molecular weight excluding hydrogens is 566 g/mol. The summed E-state index contributed by atoms with van der Waals surface area (Å²) in [6, 6.07) is 18.1. The van der Waals surface area contributed by atoms with Crippen molar-refractivity contribution >= 4 is 44.5 Å². The molecule has 2 amide bonds. The van der Waals surface area contributed by atoms with Crippen molar-refractivity contribution in [2.45, 2.75) is 16.5 Å². The van der Waals surface area contributed by atoms with Crippen LogP contribution in [-0.4, -0.2) is 44.0 Å². The third kappa shape index (κ3) is 6.08. The molecule has 206 valence electrons. The Balaban J connectivity index is 0.000000321.